The highest BCUT2D eigenvalue weighted by molar-refractivity contribution is 6.31. The Hall–Kier alpha value is -2.01. The van der Waals surface area contributed by atoms with Crippen LogP contribution in [0.5, 0.6) is 0 Å². The monoisotopic (exact) mass is 376 g/mol. The molecule has 0 radical (unpaired) electrons. The summed E-state index contributed by atoms with van der Waals surface area (Å²) in [7, 11) is 0. The van der Waals surface area contributed by atoms with Crippen molar-refractivity contribution in [2.45, 2.75) is 19.4 Å². The summed E-state index contributed by atoms with van der Waals surface area (Å²) in [5, 5.41) is 4.23. The lowest BCUT2D eigenvalue weighted by Crippen LogP contribution is -2.30. The summed E-state index contributed by atoms with van der Waals surface area (Å²) in [4.78, 5) is 18.0. The van der Waals surface area contributed by atoms with Crippen molar-refractivity contribution >= 4 is 29.1 Å². The summed E-state index contributed by atoms with van der Waals surface area (Å²) in [5.41, 5.74) is 5.34. The highest BCUT2D eigenvalue weighted by Crippen LogP contribution is 2.33. The van der Waals surface area contributed by atoms with Gasteiger partial charge in [0, 0.05) is 16.6 Å². The molecular formula is C19H18Cl2N2O2. The molecule has 4 nitrogen and oxygen atoms in total. The summed E-state index contributed by atoms with van der Waals surface area (Å²) in [6.45, 7) is 2.28. The summed E-state index contributed by atoms with van der Waals surface area (Å²) < 4.78 is 0. The van der Waals surface area contributed by atoms with Crippen molar-refractivity contribution in [2.24, 2.45) is 0 Å². The first-order valence-corrected chi connectivity index (χ1v) is 8.72. The Balaban J connectivity index is 1.66. The second-order valence-electron chi connectivity index (χ2n) is 5.78. The number of hydroxylamine groups is 1. The van der Waals surface area contributed by atoms with Crippen molar-refractivity contribution in [1.29, 1.82) is 0 Å². The van der Waals surface area contributed by atoms with Gasteiger partial charge in [0.2, 0.25) is 0 Å². The molecule has 3 rings (SSSR count). The summed E-state index contributed by atoms with van der Waals surface area (Å²) in [5.74, 6) is 0.385. The van der Waals surface area contributed by atoms with E-state index in [-0.39, 0.29) is 11.9 Å². The highest BCUT2D eigenvalue weighted by atomic mass is 35.5. The maximum atomic E-state index is 12.6. The fourth-order valence-electron chi connectivity index (χ4n) is 2.75. The SMILES string of the molecule is CC1=C(C(=O)NCCc2ccc(Cl)cc2)[C@@H](c2ccccc2Cl)NO1. The van der Waals surface area contributed by atoms with Crippen molar-refractivity contribution in [1.82, 2.24) is 10.8 Å². The number of hydrogen-bond acceptors (Lipinski definition) is 3. The molecule has 6 heteroatoms. The average molecular weight is 377 g/mol. The lowest BCUT2D eigenvalue weighted by Gasteiger charge is -2.15. The quantitative estimate of drug-likeness (QED) is 0.821. The zero-order chi connectivity index (χ0) is 17.8. The molecule has 0 fully saturated rings. The number of nitrogens with one attached hydrogen (secondary N) is 2. The molecule has 1 aliphatic heterocycles. The van der Waals surface area contributed by atoms with Crippen LogP contribution in [0.1, 0.15) is 24.1 Å². The van der Waals surface area contributed by atoms with Crippen LogP contribution in [-0.4, -0.2) is 12.5 Å². The maximum absolute atomic E-state index is 12.6. The van der Waals surface area contributed by atoms with Crippen LogP contribution >= 0.6 is 23.2 Å². The summed E-state index contributed by atoms with van der Waals surface area (Å²) in [6.07, 6.45) is 0.723. The number of hydrogen-bond donors (Lipinski definition) is 2. The third-order valence-corrected chi connectivity index (χ3v) is 4.67. The van der Waals surface area contributed by atoms with Crippen LogP contribution in [0.15, 0.2) is 59.9 Å². The van der Waals surface area contributed by atoms with Gasteiger partial charge in [-0.15, -0.1) is 5.48 Å². The molecule has 1 heterocycles. The van der Waals surface area contributed by atoms with E-state index in [1.165, 1.54) is 0 Å². The van der Waals surface area contributed by atoms with Gasteiger partial charge in [0.05, 0.1) is 5.57 Å². The molecule has 0 aromatic heterocycles. The second kappa shape index (κ2) is 7.91. The van der Waals surface area contributed by atoms with Gasteiger partial charge >= 0.3 is 0 Å². The molecule has 0 saturated heterocycles. The largest absolute Gasteiger partial charge is 0.412 e. The Kier molecular flexibility index (Phi) is 5.63. The van der Waals surface area contributed by atoms with Gasteiger partial charge < -0.3 is 10.2 Å². The first kappa shape index (κ1) is 17.8. The van der Waals surface area contributed by atoms with Crippen LogP contribution in [0.4, 0.5) is 0 Å². The van der Waals surface area contributed by atoms with E-state index in [1.807, 2.05) is 42.5 Å². The molecule has 1 amide bonds. The lowest BCUT2D eigenvalue weighted by atomic mass is 9.98. The highest BCUT2D eigenvalue weighted by Gasteiger charge is 2.32. The predicted octanol–water partition coefficient (Wildman–Crippen LogP) is 4.20. The second-order valence-corrected chi connectivity index (χ2v) is 6.62. The van der Waals surface area contributed by atoms with Crippen molar-refractivity contribution in [3.05, 3.63) is 81.0 Å². The molecule has 1 aliphatic rings. The standard InChI is InChI=1S/C19H18Cl2N2O2/c1-12-17(18(23-25-12)15-4-2-3-5-16(15)21)19(24)22-11-10-13-6-8-14(20)9-7-13/h2-9,18,23H,10-11H2,1H3,(H,22,24)/t18-/m1/s1. The van der Waals surface area contributed by atoms with Gasteiger partial charge in [-0.3, -0.25) is 4.79 Å². The molecule has 0 aliphatic carbocycles. The van der Waals surface area contributed by atoms with E-state index in [0.29, 0.717) is 27.9 Å². The number of amides is 1. The summed E-state index contributed by atoms with van der Waals surface area (Å²) in [6, 6.07) is 14.6. The van der Waals surface area contributed by atoms with Gasteiger partial charge in [0.25, 0.3) is 5.91 Å². The molecule has 25 heavy (non-hydrogen) atoms. The van der Waals surface area contributed by atoms with E-state index in [0.717, 1.165) is 17.5 Å². The molecule has 2 aromatic rings. The zero-order valence-electron chi connectivity index (χ0n) is 13.7. The van der Waals surface area contributed by atoms with Gasteiger partial charge in [-0.1, -0.05) is 53.5 Å². The van der Waals surface area contributed by atoms with E-state index >= 15 is 0 Å². The van der Waals surface area contributed by atoms with Crippen LogP contribution in [0.3, 0.4) is 0 Å². The van der Waals surface area contributed by atoms with Crippen LogP contribution in [0.25, 0.3) is 0 Å². The smallest absolute Gasteiger partial charge is 0.252 e. The van der Waals surface area contributed by atoms with Crippen molar-refractivity contribution in [2.75, 3.05) is 6.54 Å². The third-order valence-electron chi connectivity index (χ3n) is 4.07. The number of benzene rings is 2. The molecule has 1 atom stereocenters. The fraction of sp³-hybridized carbons (Fsp3) is 0.211. The van der Waals surface area contributed by atoms with Gasteiger partial charge in [0.1, 0.15) is 11.8 Å². The van der Waals surface area contributed by atoms with E-state index in [9.17, 15) is 4.79 Å². The van der Waals surface area contributed by atoms with E-state index in [1.54, 1.807) is 13.0 Å². The van der Waals surface area contributed by atoms with Crippen molar-refractivity contribution in [3.63, 3.8) is 0 Å². The molecule has 0 spiro atoms. The van der Waals surface area contributed by atoms with Crippen molar-refractivity contribution in [3.8, 4) is 0 Å². The Morgan fingerprint density at radius 2 is 1.88 bits per heavy atom. The molecular weight excluding hydrogens is 359 g/mol. The maximum Gasteiger partial charge on any atom is 0.252 e. The Labute approximate surface area is 156 Å². The Bertz CT molecular complexity index is 803. The average Bonchev–Trinajstić information content (AvgIpc) is 2.98. The first-order chi connectivity index (χ1) is 12.1. The van der Waals surface area contributed by atoms with Crippen LogP contribution in [0, 0.1) is 0 Å². The molecule has 2 aromatic carbocycles. The van der Waals surface area contributed by atoms with Crippen LogP contribution < -0.4 is 10.8 Å². The van der Waals surface area contributed by atoms with E-state index in [2.05, 4.69) is 10.8 Å². The zero-order valence-corrected chi connectivity index (χ0v) is 15.2. The molecule has 2 N–H and O–H groups in total. The minimum Gasteiger partial charge on any atom is -0.412 e. The number of allylic oxidation sites excluding steroid dienone is 1. The number of halogens is 2. The van der Waals surface area contributed by atoms with Crippen LogP contribution in [-0.2, 0) is 16.1 Å². The fourth-order valence-corrected chi connectivity index (χ4v) is 3.12. The summed E-state index contributed by atoms with van der Waals surface area (Å²) >= 11 is 12.1. The van der Waals surface area contributed by atoms with E-state index < -0.39 is 0 Å². The van der Waals surface area contributed by atoms with Gasteiger partial charge in [-0.2, -0.15) is 0 Å². The number of carbonyl (C=O) groups is 1. The number of rotatable bonds is 5. The third kappa shape index (κ3) is 4.15. The molecule has 0 saturated carbocycles. The molecule has 130 valence electrons. The van der Waals surface area contributed by atoms with Gasteiger partial charge in [0.15, 0.2) is 0 Å². The Morgan fingerprint density at radius 1 is 1.16 bits per heavy atom. The minimum atomic E-state index is -0.385. The van der Waals surface area contributed by atoms with Crippen molar-refractivity contribution < 1.29 is 9.63 Å². The van der Waals surface area contributed by atoms with Gasteiger partial charge in [-0.25, -0.2) is 0 Å². The molecule has 0 unspecified atom stereocenters. The first-order valence-electron chi connectivity index (χ1n) is 7.96. The normalized spacial score (nSPS) is 16.7. The van der Waals surface area contributed by atoms with Crippen LogP contribution in [0.2, 0.25) is 10.0 Å². The topological polar surface area (TPSA) is 50.4 Å². The lowest BCUT2D eigenvalue weighted by molar-refractivity contribution is -0.117. The number of carbonyl (C=O) groups excluding carboxylic acids is 1. The Morgan fingerprint density at radius 3 is 2.60 bits per heavy atom. The molecule has 0 bridgehead atoms. The predicted molar refractivity (Wildman–Crippen MR) is 99.3 cm³/mol. The van der Waals surface area contributed by atoms with E-state index in [4.69, 9.17) is 28.0 Å². The van der Waals surface area contributed by atoms with Gasteiger partial charge in [-0.05, 0) is 42.7 Å². The minimum absolute atomic E-state index is 0.165.